The predicted molar refractivity (Wildman–Crippen MR) is 77.5 cm³/mol. The summed E-state index contributed by atoms with van der Waals surface area (Å²) >= 11 is 3.37. The van der Waals surface area contributed by atoms with Crippen LogP contribution in [-0.2, 0) is 6.61 Å². The highest BCUT2D eigenvalue weighted by Gasteiger charge is 2.13. The van der Waals surface area contributed by atoms with E-state index >= 15 is 0 Å². The Morgan fingerprint density at radius 1 is 1.35 bits per heavy atom. The topological polar surface area (TPSA) is 68.4 Å². The van der Waals surface area contributed by atoms with Crippen molar-refractivity contribution in [3.8, 4) is 5.75 Å². The van der Waals surface area contributed by atoms with Crippen LogP contribution >= 0.6 is 15.9 Å². The zero-order valence-electron chi connectivity index (χ0n) is 11.6. The van der Waals surface area contributed by atoms with Gasteiger partial charge in [0, 0.05) is 16.0 Å². The summed E-state index contributed by atoms with van der Waals surface area (Å²) in [4.78, 5) is 4.24. The smallest absolute Gasteiger partial charge is 0.264 e. The fraction of sp³-hybridized carbons (Fsp3) is 0.429. The van der Waals surface area contributed by atoms with Crippen LogP contribution in [0.1, 0.15) is 50.1 Å². The third-order valence-corrected chi connectivity index (χ3v) is 3.27. The number of rotatable bonds is 5. The maximum Gasteiger partial charge on any atom is 0.264 e. The number of halogens is 1. The number of benzene rings is 1. The Hall–Kier alpha value is -1.40. The van der Waals surface area contributed by atoms with Gasteiger partial charge in [-0.3, -0.25) is 0 Å². The lowest BCUT2D eigenvalue weighted by Crippen LogP contribution is -2.01. The molecule has 2 rings (SSSR count). The zero-order valence-corrected chi connectivity index (χ0v) is 13.2. The summed E-state index contributed by atoms with van der Waals surface area (Å²) in [5.41, 5.74) is 0.711. The minimum atomic E-state index is -0.614. The monoisotopic (exact) mass is 340 g/mol. The molecule has 1 unspecified atom stereocenters. The number of ether oxygens (including phenoxy) is 1. The molecule has 108 valence electrons. The minimum Gasteiger partial charge on any atom is -0.483 e. The summed E-state index contributed by atoms with van der Waals surface area (Å²) < 4.78 is 11.7. The lowest BCUT2D eigenvalue weighted by molar-refractivity contribution is 0.185. The summed E-state index contributed by atoms with van der Waals surface area (Å²) in [6, 6.07) is 5.48. The molecule has 0 radical (unpaired) electrons. The average molecular weight is 341 g/mol. The van der Waals surface area contributed by atoms with Crippen molar-refractivity contribution in [1.29, 1.82) is 0 Å². The van der Waals surface area contributed by atoms with Crippen LogP contribution in [0, 0.1) is 0 Å². The molecule has 0 fully saturated rings. The Bertz CT molecular complexity index is 582. The standard InChI is InChI=1S/C14H17BrN2O3/c1-8(2)14-16-13(20-17-14)7-19-12-5-4-10(15)6-11(12)9(3)18/h4-6,8-9,18H,7H2,1-3H3. The van der Waals surface area contributed by atoms with E-state index in [4.69, 9.17) is 9.26 Å². The Balaban J connectivity index is 2.10. The van der Waals surface area contributed by atoms with Crippen molar-refractivity contribution in [1.82, 2.24) is 10.1 Å². The summed E-state index contributed by atoms with van der Waals surface area (Å²) in [7, 11) is 0. The van der Waals surface area contributed by atoms with E-state index in [1.54, 1.807) is 13.0 Å². The number of nitrogens with zero attached hydrogens (tertiary/aromatic N) is 2. The Morgan fingerprint density at radius 2 is 2.10 bits per heavy atom. The van der Waals surface area contributed by atoms with Crippen LogP contribution < -0.4 is 4.74 Å². The number of hydrogen-bond donors (Lipinski definition) is 1. The summed E-state index contributed by atoms with van der Waals surface area (Å²) in [6.45, 7) is 5.87. The van der Waals surface area contributed by atoms with Gasteiger partial charge in [0.2, 0.25) is 0 Å². The molecule has 0 saturated carbocycles. The molecule has 0 aliphatic rings. The first kappa shape index (κ1) is 15.0. The lowest BCUT2D eigenvalue weighted by atomic mass is 10.1. The molecular weight excluding hydrogens is 324 g/mol. The van der Waals surface area contributed by atoms with E-state index in [-0.39, 0.29) is 12.5 Å². The van der Waals surface area contributed by atoms with Gasteiger partial charge in [-0.25, -0.2) is 0 Å². The van der Waals surface area contributed by atoms with Gasteiger partial charge in [0.15, 0.2) is 12.4 Å². The van der Waals surface area contributed by atoms with Crippen LogP contribution in [0.15, 0.2) is 27.2 Å². The van der Waals surface area contributed by atoms with Crippen molar-refractivity contribution < 1.29 is 14.4 Å². The predicted octanol–water partition coefficient (Wildman–Crippen LogP) is 3.59. The van der Waals surface area contributed by atoms with E-state index in [0.717, 1.165) is 4.47 Å². The molecule has 0 spiro atoms. The molecule has 2 aromatic rings. The summed E-state index contributed by atoms with van der Waals surface area (Å²) in [5, 5.41) is 13.6. The summed E-state index contributed by atoms with van der Waals surface area (Å²) in [6.07, 6.45) is -0.614. The van der Waals surface area contributed by atoms with Crippen LogP contribution in [-0.4, -0.2) is 15.2 Å². The zero-order chi connectivity index (χ0) is 14.7. The molecule has 1 N–H and O–H groups in total. The second-order valence-corrected chi connectivity index (χ2v) is 5.76. The van der Waals surface area contributed by atoms with E-state index in [1.165, 1.54) is 0 Å². The van der Waals surface area contributed by atoms with E-state index in [2.05, 4.69) is 26.1 Å². The molecule has 0 amide bonds. The maximum atomic E-state index is 9.75. The van der Waals surface area contributed by atoms with Gasteiger partial charge in [0.05, 0.1) is 6.10 Å². The normalized spacial score (nSPS) is 12.7. The number of aliphatic hydroxyl groups excluding tert-OH is 1. The third-order valence-electron chi connectivity index (χ3n) is 2.77. The summed E-state index contributed by atoms with van der Waals surface area (Å²) in [5.74, 6) is 1.91. The molecule has 1 aromatic heterocycles. The van der Waals surface area contributed by atoms with Crippen molar-refractivity contribution in [3.05, 3.63) is 40.0 Å². The highest BCUT2D eigenvalue weighted by Crippen LogP contribution is 2.29. The van der Waals surface area contributed by atoms with Gasteiger partial charge in [-0.15, -0.1) is 0 Å². The van der Waals surface area contributed by atoms with E-state index in [1.807, 2.05) is 26.0 Å². The second kappa shape index (κ2) is 6.37. The first-order valence-electron chi connectivity index (χ1n) is 6.40. The van der Waals surface area contributed by atoms with Crippen LogP contribution in [0.3, 0.4) is 0 Å². The largest absolute Gasteiger partial charge is 0.483 e. The molecule has 0 aliphatic carbocycles. The molecule has 5 nitrogen and oxygen atoms in total. The Morgan fingerprint density at radius 3 is 2.70 bits per heavy atom. The van der Waals surface area contributed by atoms with Crippen molar-refractivity contribution in [2.24, 2.45) is 0 Å². The highest BCUT2D eigenvalue weighted by molar-refractivity contribution is 9.10. The molecule has 0 aliphatic heterocycles. The second-order valence-electron chi connectivity index (χ2n) is 4.85. The van der Waals surface area contributed by atoms with E-state index in [0.29, 0.717) is 23.0 Å². The fourth-order valence-corrected chi connectivity index (χ4v) is 2.06. The van der Waals surface area contributed by atoms with Crippen molar-refractivity contribution >= 4 is 15.9 Å². The molecule has 1 aromatic carbocycles. The molecule has 20 heavy (non-hydrogen) atoms. The lowest BCUT2D eigenvalue weighted by Gasteiger charge is -2.12. The third kappa shape index (κ3) is 3.58. The van der Waals surface area contributed by atoms with E-state index in [9.17, 15) is 5.11 Å². The van der Waals surface area contributed by atoms with Gasteiger partial charge in [0.1, 0.15) is 5.75 Å². The van der Waals surface area contributed by atoms with Crippen molar-refractivity contribution in [2.75, 3.05) is 0 Å². The number of hydrogen-bond acceptors (Lipinski definition) is 5. The number of aromatic nitrogens is 2. The van der Waals surface area contributed by atoms with Gasteiger partial charge >= 0.3 is 0 Å². The average Bonchev–Trinajstić information content (AvgIpc) is 2.86. The molecular formula is C14H17BrN2O3. The van der Waals surface area contributed by atoms with Crippen LogP contribution in [0.5, 0.6) is 5.75 Å². The maximum absolute atomic E-state index is 9.75. The van der Waals surface area contributed by atoms with Gasteiger partial charge in [-0.05, 0) is 25.1 Å². The Labute approximate surface area is 126 Å². The SMILES string of the molecule is CC(C)c1noc(COc2ccc(Br)cc2C(C)O)n1. The van der Waals surface area contributed by atoms with Gasteiger partial charge in [-0.2, -0.15) is 4.98 Å². The van der Waals surface area contributed by atoms with Crippen LogP contribution in [0.4, 0.5) is 0 Å². The quantitative estimate of drug-likeness (QED) is 0.900. The number of aliphatic hydroxyl groups is 1. The van der Waals surface area contributed by atoms with Gasteiger partial charge in [-0.1, -0.05) is 34.9 Å². The molecule has 6 heteroatoms. The molecule has 1 heterocycles. The van der Waals surface area contributed by atoms with Crippen molar-refractivity contribution in [3.63, 3.8) is 0 Å². The Kier molecular flexibility index (Phi) is 4.77. The molecule has 1 atom stereocenters. The first-order valence-corrected chi connectivity index (χ1v) is 7.19. The fourth-order valence-electron chi connectivity index (χ4n) is 1.68. The highest BCUT2D eigenvalue weighted by atomic mass is 79.9. The van der Waals surface area contributed by atoms with Crippen LogP contribution in [0.2, 0.25) is 0 Å². The van der Waals surface area contributed by atoms with Crippen LogP contribution in [0.25, 0.3) is 0 Å². The molecule has 0 bridgehead atoms. The first-order chi connectivity index (χ1) is 9.47. The van der Waals surface area contributed by atoms with Gasteiger partial charge < -0.3 is 14.4 Å². The van der Waals surface area contributed by atoms with Gasteiger partial charge in [0.25, 0.3) is 5.89 Å². The molecule has 0 saturated heterocycles. The van der Waals surface area contributed by atoms with Crippen molar-refractivity contribution in [2.45, 2.75) is 39.4 Å². The minimum absolute atomic E-state index is 0.182. The van der Waals surface area contributed by atoms with E-state index < -0.39 is 6.10 Å².